The van der Waals surface area contributed by atoms with Gasteiger partial charge in [0, 0.05) is 43.4 Å². The molecule has 1 fully saturated rings. The summed E-state index contributed by atoms with van der Waals surface area (Å²) < 4.78 is 1.34. The van der Waals surface area contributed by atoms with Crippen molar-refractivity contribution in [2.45, 2.75) is 32.4 Å². The molecule has 25 heavy (non-hydrogen) atoms. The summed E-state index contributed by atoms with van der Waals surface area (Å²) in [4.78, 5) is 46.0. The molecular formula is C16H21N5O3S. The van der Waals surface area contributed by atoms with Gasteiger partial charge in [0.25, 0.3) is 11.5 Å². The van der Waals surface area contributed by atoms with Crippen LogP contribution in [0.4, 0.5) is 0 Å². The third kappa shape index (κ3) is 3.05. The summed E-state index contributed by atoms with van der Waals surface area (Å²) in [7, 11) is 0. The summed E-state index contributed by atoms with van der Waals surface area (Å²) in [6.07, 6.45) is 3.27. The fourth-order valence-electron chi connectivity index (χ4n) is 3.20. The second-order valence-corrected chi connectivity index (χ2v) is 6.89. The average molecular weight is 363 g/mol. The highest BCUT2D eigenvalue weighted by Gasteiger charge is 2.40. The fraction of sp³-hybridized carbons (Fsp3) is 0.500. The molecule has 134 valence electrons. The van der Waals surface area contributed by atoms with Crippen molar-refractivity contribution in [2.75, 3.05) is 19.6 Å². The lowest BCUT2D eigenvalue weighted by Crippen LogP contribution is -2.48. The minimum Gasteiger partial charge on any atom is -0.341 e. The summed E-state index contributed by atoms with van der Waals surface area (Å²) in [6, 6.07) is -0.918. The SMILES string of the molecule is CCN(CC)C(=O)[C@@H]1C[C@H](N)CN1C(=O)c1cnc2sccn2c1=O. The Balaban J connectivity index is 1.94. The minimum atomic E-state index is -0.634. The Morgan fingerprint density at radius 2 is 2.12 bits per heavy atom. The Morgan fingerprint density at radius 1 is 1.40 bits per heavy atom. The molecule has 1 saturated heterocycles. The topological polar surface area (TPSA) is 101 Å². The molecule has 3 rings (SSSR count). The minimum absolute atomic E-state index is 0.0395. The number of carbonyl (C=O) groups is 2. The molecule has 0 aliphatic carbocycles. The molecule has 0 spiro atoms. The number of fused-ring (bicyclic) bond motifs is 1. The molecule has 2 aromatic heterocycles. The number of likely N-dealkylation sites (tertiary alicyclic amines) is 1. The maximum absolute atomic E-state index is 12.9. The van der Waals surface area contributed by atoms with Gasteiger partial charge in [0.05, 0.1) is 0 Å². The molecule has 1 aliphatic heterocycles. The number of nitrogens with zero attached hydrogens (tertiary/aromatic N) is 4. The molecule has 0 saturated carbocycles. The van der Waals surface area contributed by atoms with E-state index in [0.29, 0.717) is 24.5 Å². The second-order valence-electron chi connectivity index (χ2n) is 6.01. The van der Waals surface area contributed by atoms with Crippen LogP contribution in [0.3, 0.4) is 0 Å². The number of aromatic nitrogens is 2. The van der Waals surface area contributed by atoms with E-state index in [1.165, 1.54) is 26.8 Å². The first-order valence-electron chi connectivity index (χ1n) is 8.28. The van der Waals surface area contributed by atoms with Gasteiger partial charge in [-0.1, -0.05) is 0 Å². The third-order valence-corrected chi connectivity index (χ3v) is 5.30. The highest BCUT2D eigenvalue weighted by Crippen LogP contribution is 2.21. The van der Waals surface area contributed by atoms with E-state index in [9.17, 15) is 14.4 Å². The van der Waals surface area contributed by atoms with Crippen LogP contribution in [0.1, 0.15) is 30.6 Å². The summed E-state index contributed by atoms with van der Waals surface area (Å²) in [5.74, 6) is -0.618. The molecule has 2 N–H and O–H groups in total. The van der Waals surface area contributed by atoms with Crippen molar-refractivity contribution >= 4 is 28.1 Å². The first kappa shape index (κ1) is 17.6. The standard InChI is InChI=1S/C16H21N5O3S/c1-3-19(4-2)15(24)12-7-10(17)9-21(12)14(23)11-8-18-16-20(13(11)22)5-6-25-16/h5-6,8,10,12H,3-4,7,9,17H2,1-2H3/t10-,12-/m0/s1. The third-order valence-electron chi connectivity index (χ3n) is 4.53. The number of carbonyl (C=O) groups excluding carboxylic acids is 2. The highest BCUT2D eigenvalue weighted by atomic mass is 32.1. The zero-order valence-electron chi connectivity index (χ0n) is 14.2. The molecule has 0 unspecified atom stereocenters. The quantitative estimate of drug-likeness (QED) is 0.834. The van der Waals surface area contributed by atoms with E-state index in [2.05, 4.69) is 4.98 Å². The van der Waals surface area contributed by atoms with Crippen molar-refractivity contribution in [3.8, 4) is 0 Å². The number of thiazole rings is 1. The van der Waals surface area contributed by atoms with Gasteiger partial charge < -0.3 is 15.5 Å². The highest BCUT2D eigenvalue weighted by molar-refractivity contribution is 7.15. The van der Waals surface area contributed by atoms with Crippen LogP contribution in [-0.4, -0.2) is 62.7 Å². The number of nitrogens with two attached hydrogens (primary N) is 1. The van der Waals surface area contributed by atoms with Crippen LogP contribution < -0.4 is 11.3 Å². The molecule has 0 aromatic carbocycles. The summed E-state index contributed by atoms with van der Waals surface area (Å²) in [5, 5.41) is 1.73. The van der Waals surface area contributed by atoms with Crippen molar-refractivity contribution < 1.29 is 9.59 Å². The average Bonchev–Trinajstić information content (AvgIpc) is 3.22. The molecule has 1 aliphatic rings. The molecule has 8 nitrogen and oxygen atoms in total. The Kier molecular flexibility index (Phi) is 4.87. The van der Waals surface area contributed by atoms with Crippen LogP contribution in [0.25, 0.3) is 4.96 Å². The first-order chi connectivity index (χ1) is 12.0. The molecule has 0 bridgehead atoms. The second kappa shape index (κ2) is 6.93. The molecule has 9 heteroatoms. The number of hydrogen-bond acceptors (Lipinski definition) is 6. The van der Waals surface area contributed by atoms with Gasteiger partial charge in [0.1, 0.15) is 11.6 Å². The van der Waals surface area contributed by atoms with Crippen molar-refractivity contribution in [3.05, 3.63) is 33.7 Å². The number of rotatable bonds is 4. The smallest absolute Gasteiger partial charge is 0.271 e. The molecule has 3 heterocycles. The van der Waals surface area contributed by atoms with Crippen molar-refractivity contribution in [3.63, 3.8) is 0 Å². The number of amides is 2. The van der Waals surface area contributed by atoms with E-state index in [1.54, 1.807) is 16.5 Å². The van der Waals surface area contributed by atoms with Crippen molar-refractivity contribution in [1.82, 2.24) is 19.2 Å². The van der Waals surface area contributed by atoms with E-state index >= 15 is 0 Å². The summed E-state index contributed by atoms with van der Waals surface area (Å²) in [6.45, 7) is 5.16. The lowest BCUT2D eigenvalue weighted by Gasteiger charge is -2.28. The monoisotopic (exact) mass is 363 g/mol. The van der Waals surface area contributed by atoms with Crippen LogP contribution in [0.15, 0.2) is 22.6 Å². The van der Waals surface area contributed by atoms with E-state index in [1.807, 2.05) is 13.8 Å². The van der Waals surface area contributed by atoms with Gasteiger partial charge in [-0.15, -0.1) is 11.3 Å². The first-order valence-corrected chi connectivity index (χ1v) is 9.16. The largest absolute Gasteiger partial charge is 0.341 e. The molecule has 2 aromatic rings. The Hall–Kier alpha value is -2.26. The van der Waals surface area contributed by atoms with Gasteiger partial charge in [-0.25, -0.2) is 4.98 Å². The Labute approximate surface area is 148 Å². The van der Waals surface area contributed by atoms with E-state index in [-0.39, 0.29) is 24.1 Å². The Morgan fingerprint density at radius 3 is 2.80 bits per heavy atom. The van der Waals surface area contributed by atoms with E-state index in [4.69, 9.17) is 5.73 Å². The normalized spacial score (nSPS) is 20.2. The lowest BCUT2D eigenvalue weighted by atomic mass is 10.1. The molecular weight excluding hydrogens is 342 g/mol. The van der Waals surface area contributed by atoms with Gasteiger partial charge in [0.2, 0.25) is 5.91 Å². The van der Waals surface area contributed by atoms with Gasteiger partial charge in [0.15, 0.2) is 4.96 Å². The lowest BCUT2D eigenvalue weighted by molar-refractivity contribution is -0.134. The zero-order valence-corrected chi connectivity index (χ0v) is 15.0. The number of likely N-dealkylation sites (N-methyl/N-ethyl adjacent to an activating group) is 1. The van der Waals surface area contributed by atoms with E-state index in [0.717, 1.165) is 0 Å². The molecule has 2 atom stereocenters. The van der Waals surface area contributed by atoms with Crippen LogP contribution in [-0.2, 0) is 4.79 Å². The van der Waals surface area contributed by atoms with Crippen LogP contribution in [0.5, 0.6) is 0 Å². The van der Waals surface area contributed by atoms with Gasteiger partial charge in [-0.2, -0.15) is 0 Å². The number of hydrogen-bond donors (Lipinski definition) is 1. The maximum atomic E-state index is 12.9. The van der Waals surface area contributed by atoms with Crippen LogP contribution >= 0.6 is 11.3 Å². The predicted molar refractivity (Wildman–Crippen MR) is 94.7 cm³/mol. The van der Waals surface area contributed by atoms with Crippen LogP contribution in [0, 0.1) is 0 Å². The van der Waals surface area contributed by atoms with Crippen LogP contribution in [0.2, 0.25) is 0 Å². The zero-order chi connectivity index (χ0) is 18.1. The summed E-state index contributed by atoms with van der Waals surface area (Å²) in [5.41, 5.74) is 5.54. The fourth-order valence-corrected chi connectivity index (χ4v) is 3.87. The van der Waals surface area contributed by atoms with Gasteiger partial charge in [-0.3, -0.25) is 18.8 Å². The predicted octanol–water partition coefficient (Wildman–Crippen LogP) is 0.166. The van der Waals surface area contributed by atoms with Gasteiger partial charge in [-0.05, 0) is 20.3 Å². The molecule has 0 radical (unpaired) electrons. The van der Waals surface area contributed by atoms with Crippen molar-refractivity contribution in [2.24, 2.45) is 5.73 Å². The Bertz CT molecular complexity index is 857. The van der Waals surface area contributed by atoms with Crippen molar-refractivity contribution in [1.29, 1.82) is 0 Å². The molecule has 2 amide bonds. The maximum Gasteiger partial charge on any atom is 0.271 e. The van der Waals surface area contributed by atoms with E-state index < -0.39 is 17.5 Å². The summed E-state index contributed by atoms with van der Waals surface area (Å²) >= 11 is 1.32. The van der Waals surface area contributed by atoms with Gasteiger partial charge >= 0.3 is 0 Å².